The van der Waals surface area contributed by atoms with Crippen LogP contribution in [0.1, 0.15) is 5.56 Å². The average Bonchev–Trinajstić information content (AvgIpc) is 3.11. The fraction of sp³-hybridized carbons (Fsp3) is 0.0476. The molecule has 2 aromatic carbocycles. The van der Waals surface area contributed by atoms with Gasteiger partial charge in [-0.25, -0.2) is 9.98 Å². The number of methoxy groups -OCH3 is 1. The van der Waals surface area contributed by atoms with Crippen molar-refractivity contribution in [2.24, 2.45) is 4.99 Å². The van der Waals surface area contributed by atoms with E-state index in [1.165, 1.54) is 19.2 Å². The summed E-state index contributed by atoms with van der Waals surface area (Å²) in [6.45, 7) is 0. The molecule has 4 rings (SSSR count). The van der Waals surface area contributed by atoms with Crippen molar-refractivity contribution in [3.05, 3.63) is 82.5 Å². The van der Waals surface area contributed by atoms with E-state index in [0.29, 0.717) is 22.9 Å². The number of phenolic OH excluding ortho intramolecular Hbond substituents is 1. The Morgan fingerprint density at radius 2 is 1.97 bits per heavy atom. The van der Waals surface area contributed by atoms with E-state index in [1.54, 1.807) is 36.5 Å². The predicted octanol–water partition coefficient (Wildman–Crippen LogP) is 4.37. The number of nitro benzene ring substituents is 1. The second kappa shape index (κ2) is 7.43. The molecule has 0 aliphatic heterocycles. The first-order chi connectivity index (χ1) is 14.1. The maximum absolute atomic E-state index is 10.8. The lowest BCUT2D eigenvalue weighted by Crippen LogP contribution is -1.89. The molecule has 0 fully saturated rings. The molecular formula is C21H16N4O4. The zero-order valence-electron chi connectivity index (χ0n) is 15.4. The molecule has 1 N–H and O–H groups in total. The highest BCUT2D eigenvalue weighted by Crippen LogP contribution is 2.36. The predicted molar refractivity (Wildman–Crippen MR) is 109 cm³/mol. The Hall–Kier alpha value is -4.20. The van der Waals surface area contributed by atoms with Crippen LogP contribution < -0.4 is 4.74 Å². The molecule has 0 spiro atoms. The van der Waals surface area contributed by atoms with Crippen LogP contribution in [0.5, 0.6) is 11.5 Å². The van der Waals surface area contributed by atoms with Crippen LogP contribution in [0.4, 0.5) is 11.5 Å². The lowest BCUT2D eigenvalue weighted by atomic mass is 10.1. The first kappa shape index (κ1) is 18.2. The summed E-state index contributed by atoms with van der Waals surface area (Å²) in [5, 5.41) is 20.7. The average molecular weight is 388 g/mol. The van der Waals surface area contributed by atoms with Crippen molar-refractivity contribution in [3.8, 4) is 22.8 Å². The van der Waals surface area contributed by atoms with Gasteiger partial charge in [0.1, 0.15) is 11.3 Å². The second-order valence-electron chi connectivity index (χ2n) is 6.21. The van der Waals surface area contributed by atoms with Gasteiger partial charge in [0.2, 0.25) is 0 Å². The van der Waals surface area contributed by atoms with Crippen molar-refractivity contribution in [3.63, 3.8) is 0 Å². The van der Waals surface area contributed by atoms with Gasteiger partial charge in [0.15, 0.2) is 17.3 Å². The van der Waals surface area contributed by atoms with Gasteiger partial charge in [-0.2, -0.15) is 0 Å². The third-order valence-electron chi connectivity index (χ3n) is 4.40. The number of benzene rings is 2. The van der Waals surface area contributed by atoms with Crippen molar-refractivity contribution in [2.45, 2.75) is 0 Å². The quantitative estimate of drug-likeness (QED) is 0.311. The van der Waals surface area contributed by atoms with Gasteiger partial charge in [-0.05, 0) is 48.0 Å². The minimum absolute atomic E-state index is 0.0221. The second-order valence-corrected chi connectivity index (χ2v) is 6.21. The standard InChI is InChI=1S/C21H16N4O4/c1-29-18-12-15(7-10-17(18)26)20-21(24-11-3-2-4-19(24)23-20)22-13-14-5-8-16(9-6-14)25(27)28/h2-13,26H,1H3/b22-13+. The van der Waals surface area contributed by atoms with Gasteiger partial charge < -0.3 is 9.84 Å². The Bertz CT molecular complexity index is 1230. The zero-order valence-corrected chi connectivity index (χ0v) is 15.4. The Labute approximate surface area is 165 Å². The van der Waals surface area contributed by atoms with E-state index >= 15 is 0 Å². The van der Waals surface area contributed by atoms with Gasteiger partial charge in [0.25, 0.3) is 5.69 Å². The number of hydrogen-bond acceptors (Lipinski definition) is 6. The van der Waals surface area contributed by atoms with Crippen LogP contribution in [0.3, 0.4) is 0 Å². The third kappa shape index (κ3) is 3.51. The molecule has 0 amide bonds. The first-order valence-electron chi connectivity index (χ1n) is 8.70. The number of pyridine rings is 1. The van der Waals surface area contributed by atoms with E-state index < -0.39 is 4.92 Å². The Morgan fingerprint density at radius 3 is 2.69 bits per heavy atom. The monoisotopic (exact) mass is 388 g/mol. The number of aromatic hydroxyl groups is 1. The van der Waals surface area contributed by atoms with Crippen LogP contribution in [-0.4, -0.2) is 32.7 Å². The molecule has 8 nitrogen and oxygen atoms in total. The van der Waals surface area contributed by atoms with Crippen LogP contribution in [0, 0.1) is 10.1 Å². The lowest BCUT2D eigenvalue weighted by Gasteiger charge is -2.06. The molecule has 0 saturated heterocycles. The van der Waals surface area contributed by atoms with E-state index in [-0.39, 0.29) is 11.4 Å². The van der Waals surface area contributed by atoms with Crippen molar-refractivity contribution in [2.75, 3.05) is 7.11 Å². The van der Waals surface area contributed by atoms with E-state index in [4.69, 9.17) is 4.74 Å². The first-order valence-corrected chi connectivity index (χ1v) is 8.70. The van der Waals surface area contributed by atoms with Gasteiger partial charge in [-0.1, -0.05) is 6.07 Å². The van der Waals surface area contributed by atoms with Crippen LogP contribution in [0.25, 0.3) is 16.9 Å². The minimum atomic E-state index is -0.443. The zero-order chi connectivity index (χ0) is 20.4. The molecule has 0 bridgehead atoms. The number of ether oxygens (including phenoxy) is 1. The summed E-state index contributed by atoms with van der Waals surface area (Å²) in [6, 6.07) is 16.7. The molecule has 2 heterocycles. The highest BCUT2D eigenvalue weighted by Gasteiger charge is 2.15. The molecule has 0 radical (unpaired) electrons. The highest BCUT2D eigenvalue weighted by atomic mass is 16.6. The number of hydrogen-bond donors (Lipinski definition) is 1. The summed E-state index contributed by atoms with van der Waals surface area (Å²) >= 11 is 0. The van der Waals surface area contributed by atoms with Crippen molar-refractivity contribution < 1.29 is 14.8 Å². The number of fused-ring (bicyclic) bond motifs is 1. The van der Waals surface area contributed by atoms with Crippen LogP contribution in [-0.2, 0) is 0 Å². The molecule has 29 heavy (non-hydrogen) atoms. The summed E-state index contributed by atoms with van der Waals surface area (Å²) in [4.78, 5) is 19.6. The molecule has 144 valence electrons. The number of aliphatic imine (C=N–C) groups is 1. The van der Waals surface area contributed by atoms with Gasteiger partial charge in [0.05, 0.1) is 12.0 Å². The molecule has 0 unspecified atom stereocenters. The molecule has 4 aromatic rings. The molecule has 2 aromatic heterocycles. The Morgan fingerprint density at radius 1 is 1.17 bits per heavy atom. The number of nitro groups is 1. The van der Waals surface area contributed by atoms with Crippen molar-refractivity contribution in [1.82, 2.24) is 9.38 Å². The number of rotatable bonds is 5. The largest absolute Gasteiger partial charge is 0.504 e. The number of aromatic nitrogens is 2. The molecule has 0 atom stereocenters. The van der Waals surface area contributed by atoms with Gasteiger partial charge >= 0.3 is 0 Å². The summed E-state index contributed by atoms with van der Waals surface area (Å²) in [5.41, 5.74) is 2.81. The summed E-state index contributed by atoms with van der Waals surface area (Å²) in [5.74, 6) is 0.965. The normalized spacial score (nSPS) is 11.2. The van der Waals surface area contributed by atoms with Gasteiger partial charge in [0, 0.05) is 30.1 Å². The summed E-state index contributed by atoms with van der Waals surface area (Å²) < 4.78 is 7.05. The maximum atomic E-state index is 10.8. The maximum Gasteiger partial charge on any atom is 0.269 e. The van der Waals surface area contributed by atoms with Crippen LogP contribution >= 0.6 is 0 Å². The number of non-ortho nitro benzene ring substituents is 1. The van der Waals surface area contributed by atoms with Gasteiger partial charge in [-0.3, -0.25) is 14.5 Å². The summed E-state index contributed by atoms with van der Waals surface area (Å²) in [6.07, 6.45) is 3.48. The fourth-order valence-corrected chi connectivity index (χ4v) is 2.94. The Kier molecular flexibility index (Phi) is 4.66. The van der Waals surface area contributed by atoms with Gasteiger partial charge in [-0.15, -0.1) is 0 Å². The molecular weight excluding hydrogens is 372 g/mol. The Balaban J connectivity index is 1.81. The SMILES string of the molecule is COc1cc(-c2nc3ccccn3c2/N=C/c2ccc([N+](=O)[O-])cc2)ccc1O. The molecule has 0 aliphatic carbocycles. The van der Waals surface area contributed by atoms with E-state index in [2.05, 4.69) is 9.98 Å². The van der Waals surface area contributed by atoms with Crippen LogP contribution in [0.15, 0.2) is 71.9 Å². The lowest BCUT2D eigenvalue weighted by molar-refractivity contribution is -0.384. The van der Waals surface area contributed by atoms with Crippen molar-refractivity contribution >= 4 is 23.4 Å². The highest BCUT2D eigenvalue weighted by molar-refractivity contribution is 5.85. The number of imidazole rings is 1. The third-order valence-corrected chi connectivity index (χ3v) is 4.40. The van der Waals surface area contributed by atoms with E-state index in [1.807, 2.05) is 28.8 Å². The molecule has 0 saturated carbocycles. The topological polar surface area (TPSA) is 102 Å². The summed E-state index contributed by atoms with van der Waals surface area (Å²) in [7, 11) is 1.48. The van der Waals surface area contributed by atoms with E-state index in [9.17, 15) is 15.2 Å². The van der Waals surface area contributed by atoms with Crippen molar-refractivity contribution in [1.29, 1.82) is 0 Å². The number of nitrogens with zero attached hydrogens (tertiary/aromatic N) is 4. The molecule has 8 heteroatoms. The number of phenols is 1. The van der Waals surface area contributed by atoms with Crippen LogP contribution in [0.2, 0.25) is 0 Å². The smallest absolute Gasteiger partial charge is 0.269 e. The fourth-order valence-electron chi connectivity index (χ4n) is 2.94. The minimum Gasteiger partial charge on any atom is -0.504 e. The van der Waals surface area contributed by atoms with E-state index in [0.717, 1.165) is 11.1 Å². The molecule has 0 aliphatic rings.